The van der Waals surface area contributed by atoms with Gasteiger partial charge in [-0.15, -0.1) is 0 Å². The van der Waals surface area contributed by atoms with Crippen molar-refractivity contribution >= 4 is 27.7 Å². The van der Waals surface area contributed by atoms with Gasteiger partial charge in [0.15, 0.2) is 23.0 Å². The second kappa shape index (κ2) is 27.8. The maximum Gasteiger partial charge on any atom is 1.00 e. The van der Waals surface area contributed by atoms with Gasteiger partial charge >= 0.3 is 41.5 Å². The van der Waals surface area contributed by atoms with Crippen molar-refractivity contribution in [3.63, 3.8) is 0 Å². The molecule has 0 aromatic heterocycles. The number of aryl methyl sites for hydroxylation is 2. The number of aromatic carboxylic acids is 1. The number of esters is 1. The van der Waals surface area contributed by atoms with E-state index in [0.29, 0.717) is 73.8 Å². The molecule has 0 spiro atoms. The Labute approximate surface area is 452 Å². The van der Waals surface area contributed by atoms with Crippen LogP contribution in [0.4, 0.5) is 5.69 Å². The molecule has 1 N–H and O–H groups in total. The fourth-order valence-electron chi connectivity index (χ4n) is 6.73. The van der Waals surface area contributed by atoms with Crippen molar-refractivity contribution in [1.29, 1.82) is 0 Å². The maximum atomic E-state index is 12.5. The molecule has 2 aliphatic heterocycles. The number of carbonyl (C=O) groups is 2. The largest absolute Gasteiger partial charge is 1.00 e. The van der Waals surface area contributed by atoms with Gasteiger partial charge in [0.1, 0.15) is 50.1 Å². The molecule has 2 atom stereocenters. The van der Waals surface area contributed by atoms with Gasteiger partial charge in [0, 0.05) is 12.1 Å². The molecule has 0 aliphatic carbocycles. The number of carbonyl (C=O) groups excluding carboxylic acids is 1. The van der Waals surface area contributed by atoms with Gasteiger partial charge in [-0.25, -0.2) is 9.59 Å². The van der Waals surface area contributed by atoms with Crippen LogP contribution in [0.15, 0.2) is 175 Å². The molecule has 0 bridgehead atoms. The SMILES string of the molecule is Cc1cc(OCc2ccccc2)c(OCc2ccccc2)cc1C(=O)O.Cc1cc(OCc2ccccc2)c(OCc2ccccc2)cc1C(=O)OC[C@@H]1CO1.O=[N+]([O-])c1cccc(S(=O)(=O)OC[C@@H]2CO2)c1.[H-].[Na+]. The van der Waals surface area contributed by atoms with Crippen molar-refractivity contribution in [2.75, 3.05) is 26.4 Å². The normalized spacial score (nSPS) is 14.0. The van der Waals surface area contributed by atoms with Crippen molar-refractivity contribution in [2.24, 2.45) is 0 Å². The first-order valence-electron chi connectivity index (χ1n) is 23.0. The number of non-ortho nitro benzene ring substituents is 1. The van der Waals surface area contributed by atoms with E-state index in [4.69, 9.17) is 37.3 Å². The van der Waals surface area contributed by atoms with E-state index in [-0.39, 0.29) is 78.5 Å². The van der Waals surface area contributed by atoms with Crippen molar-refractivity contribution in [3.8, 4) is 23.0 Å². The molecule has 16 nitrogen and oxygen atoms in total. The summed E-state index contributed by atoms with van der Waals surface area (Å²) < 4.78 is 67.1. The van der Waals surface area contributed by atoms with Gasteiger partial charge in [-0.05, 0) is 77.6 Å². The monoisotopic (exact) mass is 1040 g/mol. The van der Waals surface area contributed by atoms with Gasteiger partial charge < -0.3 is 39.7 Å². The third-order valence-electron chi connectivity index (χ3n) is 10.9. The number of nitro benzene ring substituents is 1. The average Bonchev–Trinajstić information content (AvgIpc) is 4.36. The molecule has 9 rings (SSSR count). The van der Waals surface area contributed by atoms with Crippen molar-refractivity contribution in [2.45, 2.75) is 57.4 Å². The van der Waals surface area contributed by atoms with Crippen LogP contribution >= 0.6 is 0 Å². The second-order valence-corrected chi connectivity index (χ2v) is 18.2. The van der Waals surface area contributed by atoms with Crippen LogP contribution in [0.5, 0.6) is 23.0 Å². The van der Waals surface area contributed by atoms with Crippen molar-refractivity contribution < 1.29 is 96.4 Å². The smallest absolute Gasteiger partial charge is 1.00 e. The Morgan fingerprint density at radius 1 is 0.581 bits per heavy atom. The van der Waals surface area contributed by atoms with Crippen LogP contribution in [0, 0.1) is 24.0 Å². The zero-order valence-corrected chi connectivity index (χ0v) is 43.8. The van der Waals surface area contributed by atoms with E-state index in [0.717, 1.165) is 33.9 Å². The van der Waals surface area contributed by atoms with Gasteiger partial charge in [0.05, 0.1) is 35.9 Å². The number of nitro groups is 1. The van der Waals surface area contributed by atoms with Crippen LogP contribution in [-0.4, -0.2) is 69.0 Å². The minimum Gasteiger partial charge on any atom is -1.00 e. The van der Waals surface area contributed by atoms with E-state index < -0.39 is 21.0 Å². The summed E-state index contributed by atoms with van der Waals surface area (Å²) in [5.74, 6) is 0.688. The molecule has 2 saturated heterocycles. The quantitative estimate of drug-likeness (QED) is 0.0186. The first-order valence-corrected chi connectivity index (χ1v) is 24.5. The summed E-state index contributed by atoms with van der Waals surface area (Å²) in [6.45, 7) is 6.43. The van der Waals surface area contributed by atoms with E-state index in [9.17, 15) is 33.2 Å². The summed E-state index contributed by atoms with van der Waals surface area (Å²) in [5, 5.41) is 19.9. The molecule has 74 heavy (non-hydrogen) atoms. The zero-order chi connectivity index (χ0) is 51.6. The summed E-state index contributed by atoms with van der Waals surface area (Å²) >= 11 is 0. The van der Waals surface area contributed by atoms with Crippen LogP contribution in [0.2, 0.25) is 0 Å². The van der Waals surface area contributed by atoms with Gasteiger partial charge in [-0.2, -0.15) is 8.42 Å². The number of epoxide rings is 2. The Morgan fingerprint density at radius 2 is 0.959 bits per heavy atom. The molecule has 18 heteroatoms. The van der Waals surface area contributed by atoms with Crippen LogP contribution in [0.25, 0.3) is 0 Å². The van der Waals surface area contributed by atoms with Gasteiger partial charge in [-0.1, -0.05) is 127 Å². The van der Waals surface area contributed by atoms with Crippen LogP contribution in [-0.2, 0) is 54.9 Å². The molecule has 7 aromatic rings. The molecule has 0 saturated carbocycles. The molecule has 0 unspecified atom stereocenters. The number of carboxylic acids is 1. The third-order valence-corrected chi connectivity index (χ3v) is 12.2. The van der Waals surface area contributed by atoms with Crippen LogP contribution in [0.3, 0.4) is 0 Å². The number of hydrogen-bond donors (Lipinski definition) is 1. The van der Waals surface area contributed by atoms with E-state index in [1.165, 1.54) is 24.3 Å². The summed E-state index contributed by atoms with van der Waals surface area (Å²) in [4.78, 5) is 33.6. The molecule has 7 aromatic carbocycles. The number of rotatable bonds is 21. The van der Waals surface area contributed by atoms with E-state index >= 15 is 0 Å². The fourth-order valence-corrected chi connectivity index (χ4v) is 7.70. The Hall–Kier alpha value is -7.09. The van der Waals surface area contributed by atoms with Crippen LogP contribution < -0.4 is 48.5 Å². The molecule has 0 amide bonds. The first kappa shape index (κ1) is 56.2. The molecular weight excluding hydrogens is 982 g/mol. The Kier molecular flexibility index (Phi) is 21.1. The summed E-state index contributed by atoms with van der Waals surface area (Å²) in [6, 6.07) is 50.8. The molecule has 380 valence electrons. The van der Waals surface area contributed by atoms with Crippen molar-refractivity contribution in [1.82, 2.24) is 0 Å². The number of ether oxygens (including phenoxy) is 7. The molecule has 2 heterocycles. The average molecular weight is 1040 g/mol. The van der Waals surface area contributed by atoms with Gasteiger partial charge in [0.2, 0.25) is 0 Å². The molecule has 2 fully saturated rings. The Balaban J connectivity index is 0.000000213. The number of benzene rings is 7. The summed E-state index contributed by atoms with van der Waals surface area (Å²) in [7, 11) is -3.96. The van der Waals surface area contributed by atoms with E-state index in [1.54, 1.807) is 19.1 Å². The van der Waals surface area contributed by atoms with Crippen molar-refractivity contribution in [3.05, 3.63) is 224 Å². The molecular formula is C56H54NNaO15S. The van der Waals surface area contributed by atoms with E-state index in [2.05, 4.69) is 0 Å². The predicted octanol–water partition coefficient (Wildman–Crippen LogP) is 7.38. The number of carboxylic acid groups (broad SMARTS) is 1. The second-order valence-electron chi connectivity index (χ2n) is 16.6. The number of hydrogen-bond acceptors (Lipinski definition) is 14. The Morgan fingerprint density at radius 3 is 1.35 bits per heavy atom. The van der Waals surface area contributed by atoms with E-state index in [1.807, 2.05) is 134 Å². The van der Waals surface area contributed by atoms with Gasteiger partial charge in [-0.3, -0.25) is 14.3 Å². The number of nitrogens with zero attached hydrogens (tertiary/aromatic N) is 1. The van der Waals surface area contributed by atoms with Gasteiger partial charge in [0.25, 0.3) is 15.8 Å². The standard InChI is InChI=1S/C25H24O5.C22H20O4.C9H9NO6S.Na.H/c1-18-12-23(28-14-19-8-4-2-5-9-19)24(29-15-20-10-6-3-7-11-20)13-22(18)25(26)30-17-21-16-27-21;1-16-12-20(25-14-17-8-4-2-5-9-17)21(13-19(16)22(23)24)26-15-18-10-6-3-7-11-18;11-10(12)7-2-1-3-9(4-7)17(13,14)16-6-8-5-15-8;;/h2-13,21H,14-17H2,1H3;2-13H,14-15H2,1H3,(H,23,24);1-4,8H,5-6H2;;/q;;;+1;-1/t21-;;8-;;/m0.0../s1. The fraction of sp³-hybridized carbons (Fsp3) is 0.214. The summed E-state index contributed by atoms with van der Waals surface area (Å²) in [6.07, 6.45) is -0.167. The first-order chi connectivity index (χ1) is 35.3. The zero-order valence-electron chi connectivity index (χ0n) is 42.0. The minimum absolute atomic E-state index is 0. The Bertz CT molecular complexity index is 3060. The minimum atomic E-state index is -3.96. The third kappa shape index (κ3) is 17.8. The maximum absolute atomic E-state index is 12.5. The molecule has 2 aliphatic rings. The molecule has 0 radical (unpaired) electrons. The predicted molar refractivity (Wildman–Crippen MR) is 270 cm³/mol. The summed E-state index contributed by atoms with van der Waals surface area (Å²) in [5.41, 5.74) is 5.89. The van der Waals surface area contributed by atoms with Crippen LogP contribution in [0.1, 0.15) is 55.5 Å². The topological polar surface area (TPSA) is 212 Å².